The van der Waals surface area contributed by atoms with E-state index in [1.807, 2.05) is 14.0 Å². The first kappa shape index (κ1) is 21.2. The van der Waals surface area contributed by atoms with Crippen LogP contribution in [-0.2, 0) is 9.59 Å². The Morgan fingerprint density at radius 1 is 1.16 bits per heavy atom. The molecule has 2 aromatic rings. The molecule has 1 aromatic carbocycles. The van der Waals surface area contributed by atoms with Gasteiger partial charge in [0.1, 0.15) is 12.3 Å². The Bertz CT molecular complexity index is 962. The standard InChI is InChI=1S/C24H28N2O5/c1-3-19-24(29)26(15-22(27)25(2)17-8-5-4-6-9-17)18-14-16(11-12-20(18)31-19)23(28)21-10-7-13-30-21/h7,10-14,17,19H,3-6,8-9,15H2,1-2H3/t19-/m0/s1. The van der Waals surface area contributed by atoms with E-state index >= 15 is 0 Å². The first-order chi connectivity index (χ1) is 15.0. The van der Waals surface area contributed by atoms with Crippen LogP contribution in [0.2, 0.25) is 0 Å². The highest BCUT2D eigenvalue weighted by Gasteiger charge is 2.36. The van der Waals surface area contributed by atoms with Gasteiger partial charge in [-0.15, -0.1) is 0 Å². The summed E-state index contributed by atoms with van der Waals surface area (Å²) in [6, 6.07) is 8.40. The van der Waals surface area contributed by atoms with Gasteiger partial charge in [-0.2, -0.15) is 0 Å². The molecule has 7 heteroatoms. The van der Waals surface area contributed by atoms with Gasteiger partial charge in [0, 0.05) is 18.7 Å². The Labute approximate surface area is 181 Å². The van der Waals surface area contributed by atoms with Crippen LogP contribution in [0, 0.1) is 0 Å². The smallest absolute Gasteiger partial charge is 0.268 e. The number of anilines is 1. The Kier molecular flexibility index (Phi) is 6.11. The molecule has 2 aliphatic rings. The van der Waals surface area contributed by atoms with Crippen molar-refractivity contribution in [1.82, 2.24) is 4.90 Å². The van der Waals surface area contributed by atoms with Crippen molar-refractivity contribution >= 4 is 23.3 Å². The summed E-state index contributed by atoms with van der Waals surface area (Å²) in [7, 11) is 1.82. The lowest BCUT2D eigenvalue weighted by Crippen LogP contribution is -2.51. The van der Waals surface area contributed by atoms with Gasteiger partial charge >= 0.3 is 0 Å². The molecule has 0 bridgehead atoms. The second-order valence-corrected chi connectivity index (χ2v) is 8.22. The van der Waals surface area contributed by atoms with Crippen LogP contribution in [0.15, 0.2) is 41.0 Å². The van der Waals surface area contributed by atoms with Crippen molar-refractivity contribution in [3.63, 3.8) is 0 Å². The van der Waals surface area contributed by atoms with E-state index in [0.29, 0.717) is 23.4 Å². The van der Waals surface area contributed by atoms with E-state index in [1.54, 1.807) is 35.2 Å². The van der Waals surface area contributed by atoms with Gasteiger partial charge in [0.15, 0.2) is 11.9 Å². The van der Waals surface area contributed by atoms with Crippen molar-refractivity contribution < 1.29 is 23.5 Å². The maximum absolute atomic E-state index is 13.1. The average Bonchev–Trinajstić information content (AvgIpc) is 3.35. The summed E-state index contributed by atoms with van der Waals surface area (Å²) in [6.45, 7) is 1.80. The van der Waals surface area contributed by atoms with Gasteiger partial charge in [0.25, 0.3) is 5.91 Å². The van der Waals surface area contributed by atoms with Gasteiger partial charge in [-0.3, -0.25) is 19.3 Å². The molecule has 0 unspecified atom stereocenters. The number of carbonyl (C=O) groups is 3. The minimum absolute atomic E-state index is 0.0723. The molecular formula is C24H28N2O5. The van der Waals surface area contributed by atoms with Crippen molar-refractivity contribution in [3.8, 4) is 5.75 Å². The molecule has 1 aliphatic heterocycles. The fourth-order valence-corrected chi connectivity index (χ4v) is 4.36. The molecule has 0 saturated heterocycles. The van der Waals surface area contributed by atoms with E-state index < -0.39 is 6.10 Å². The lowest BCUT2D eigenvalue weighted by atomic mass is 9.94. The number of rotatable bonds is 6. The highest BCUT2D eigenvalue weighted by molar-refractivity contribution is 6.10. The molecule has 1 aromatic heterocycles. The van der Waals surface area contributed by atoms with Gasteiger partial charge in [-0.25, -0.2) is 0 Å². The molecule has 2 heterocycles. The maximum atomic E-state index is 13.1. The van der Waals surface area contributed by atoms with Gasteiger partial charge < -0.3 is 14.1 Å². The number of benzene rings is 1. The number of fused-ring (bicyclic) bond motifs is 1. The number of ether oxygens (including phenoxy) is 1. The van der Waals surface area contributed by atoms with Crippen molar-refractivity contribution in [2.24, 2.45) is 0 Å². The van der Waals surface area contributed by atoms with Gasteiger partial charge in [0.2, 0.25) is 11.7 Å². The lowest BCUT2D eigenvalue weighted by Gasteiger charge is -2.36. The van der Waals surface area contributed by atoms with Gasteiger partial charge in [-0.05, 0) is 49.6 Å². The van der Waals surface area contributed by atoms with Crippen LogP contribution in [0.1, 0.15) is 61.6 Å². The maximum Gasteiger partial charge on any atom is 0.268 e. The predicted molar refractivity (Wildman–Crippen MR) is 115 cm³/mol. The number of amides is 2. The molecule has 0 spiro atoms. The summed E-state index contributed by atoms with van der Waals surface area (Å²) in [6.07, 6.45) is 6.73. The quantitative estimate of drug-likeness (QED) is 0.659. The summed E-state index contributed by atoms with van der Waals surface area (Å²) in [5.74, 6) is 0.0573. The second kappa shape index (κ2) is 8.96. The van der Waals surface area contributed by atoms with Crippen molar-refractivity contribution in [2.75, 3.05) is 18.5 Å². The first-order valence-electron chi connectivity index (χ1n) is 11.0. The Morgan fingerprint density at radius 2 is 1.94 bits per heavy atom. The minimum atomic E-state index is -0.646. The minimum Gasteiger partial charge on any atom is -0.478 e. The largest absolute Gasteiger partial charge is 0.478 e. The van der Waals surface area contributed by atoms with Crippen molar-refractivity contribution in [3.05, 3.63) is 47.9 Å². The molecule has 1 aliphatic carbocycles. The third kappa shape index (κ3) is 4.22. The normalized spacial score (nSPS) is 19.0. The first-order valence-corrected chi connectivity index (χ1v) is 11.0. The topological polar surface area (TPSA) is 80.1 Å². The molecular weight excluding hydrogens is 396 g/mol. The summed E-state index contributed by atoms with van der Waals surface area (Å²) < 4.78 is 11.1. The second-order valence-electron chi connectivity index (χ2n) is 8.22. The Hall–Kier alpha value is -3.09. The molecule has 2 amide bonds. The summed E-state index contributed by atoms with van der Waals surface area (Å²) in [5.41, 5.74) is 0.815. The molecule has 1 fully saturated rings. The molecule has 1 saturated carbocycles. The summed E-state index contributed by atoms with van der Waals surface area (Å²) >= 11 is 0. The highest BCUT2D eigenvalue weighted by Crippen LogP contribution is 2.36. The van der Waals surface area contributed by atoms with Crippen LogP contribution in [-0.4, -0.2) is 48.2 Å². The number of hydrogen-bond acceptors (Lipinski definition) is 5. The Morgan fingerprint density at radius 3 is 2.61 bits per heavy atom. The third-order valence-electron chi connectivity index (χ3n) is 6.25. The van der Waals surface area contributed by atoms with Crippen LogP contribution < -0.4 is 9.64 Å². The van der Waals surface area contributed by atoms with Crippen LogP contribution in [0.4, 0.5) is 5.69 Å². The zero-order chi connectivity index (χ0) is 22.0. The zero-order valence-electron chi connectivity index (χ0n) is 18.0. The van der Waals surface area contributed by atoms with E-state index in [-0.39, 0.29) is 35.9 Å². The van der Waals surface area contributed by atoms with Crippen LogP contribution in [0.25, 0.3) is 0 Å². The zero-order valence-corrected chi connectivity index (χ0v) is 18.0. The van der Waals surface area contributed by atoms with E-state index in [9.17, 15) is 14.4 Å². The average molecular weight is 424 g/mol. The van der Waals surface area contributed by atoms with E-state index in [1.165, 1.54) is 17.6 Å². The number of carbonyl (C=O) groups excluding carboxylic acids is 3. The fraction of sp³-hybridized carbons (Fsp3) is 0.458. The molecule has 0 radical (unpaired) electrons. The molecule has 164 valence electrons. The molecule has 0 N–H and O–H groups in total. The number of hydrogen-bond donors (Lipinski definition) is 0. The summed E-state index contributed by atoms with van der Waals surface area (Å²) in [5, 5.41) is 0. The molecule has 4 rings (SSSR count). The number of ketones is 1. The van der Waals surface area contributed by atoms with E-state index in [0.717, 1.165) is 25.7 Å². The fourth-order valence-electron chi connectivity index (χ4n) is 4.36. The lowest BCUT2D eigenvalue weighted by molar-refractivity contribution is -0.134. The van der Waals surface area contributed by atoms with Crippen LogP contribution >= 0.6 is 0 Å². The van der Waals surface area contributed by atoms with Crippen molar-refractivity contribution in [1.29, 1.82) is 0 Å². The number of furan rings is 1. The van der Waals surface area contributed by atoms with E-state index in [2.05, 4.69) is 0 Å². The van der Waals surface area contributed by atoms with E-state index in [4.69, 9.17) is 9.15 Å². The number of nitrogens with zero attached hydrogens (tertiary/aromatic N) is 2. The SMILES string of the molecule is CC[C@@H]1Oc2ccc(C(=O)c3ccco3)cc2N(CC(=O)N(C)C2CCCCC2)C1=O. The van der Waals surface area contributed by atoms with Gasteiger partial charge in [-0.1, -0.05) is 26.2 Å². The highest BCUT2D eigenvalue weighted by atomic mass is 16.5. The molecule has 7 nitrogen and oxygen atoms in total. The Balaban J connectivity index is 1.62. The molecule has 1 atom stereocenters. The van der Waals surface area contributed by atoms with Crippen LogP contribution in [0.5, 0.6) is 5.75 Å². The predicted octanol–water partition coefficient (Wildman–Crippen LogP) is 3.81. The van der Waals surface area contributed by atoms with Crippen LogP contribution in [0.3, 0.4) is 0 Å². The number of likely N-dealkylation sites (N-methyl/N-ethyl adjacent to an activating group) is 1. The summed E-state index contributed by atoms with van der Waals surface area (Å²) in [4.78, 5) is 42.1. The third-order valence-corrected chi connectivity index (χ3v) is 6.25. The van der Waals surface area contributed by atoms with Gasteiger partial charge in [0.05, 0.1) is 12.0 Å². The molecule has 31 heavy (non-hydrogen) atoms. The monoisotopic (exact) mass is 424 g/mol. The van der Waals surface area contributed by atoms with Crippen molar-refractivity contribution in [2.45, 2.75) is 57.6 Å².